The Kier molecular flexibility index (Phi) is 19.6. The molecule has 2 aromatic carbocycles. The number of nitrogen functional groups attached to an aromatic ring is 2. The molecule has 0 aliphatic heterocycles. The van der Waals surface area contributed by atoms with Crippen LogP contribution in [0.4, 0.5) is 11.4 Å². The molecule has 0 saturated carbocycles. The molecule has 0 radical (unpaired) electrons. The summed E-state index contributed by atoms with van der Waals surface area (Å²) in [5.74, 6) is -3.27. The molecule has 44 heavy (non-hydrogen) atoms. The number of aliphatic carboxylic acids is 2. The predicted octanol–water partition coefficient (Wildman–Crippen LogP) is 7.00. The Morgan fingerprint density at radius 2 is 1.20 bits per heavy atom. The van der Waals surface area contributed by atoms with E-state index in [0.717, 1.165) is 12.8 Å². The van der Waals surface area contributed by atoms with Crippen molar-refractivity contribution < 1.29 is 34.1 Å². The number of unbranched alkanes of at least 4 members (excludes halogenated alkanes) is 13. The lowest BCUT2D eigenvalue weighted by molar-refractivity contribution is -0.139. The summed E-state index contributed by atoms with van der Waals surface area (Å²) in [5.41, 5.74) is 17.3. The molecule has 244 valence electrons. The lowest BCUT2D eigenvalue weighted by Crippen LogP contribution is -2.32. The van der Waals surface area contributed by atoms with E-state index in [0.29, 0.717) is 6.42 Å². The van der Waals surface area contributed by atoms with Gasteiger partial charge in [0.2, 0.25) is 0 Å². The van der Waals surface area contributed by atoms with Crippen molar-refractivity contribution in [2.45, 2.75) is 116 Å². The minimum absolute atomic E-state index is 0.0250. The third-order valence-corrected chi connectivity index (χ3v) is 7.22. The number of Topliss-reactive ketones (excluding diaryl/α,β-unsaturated/α-hetero) is 1. The average molecular weight is 614 g/mol. The summed E-state index contributed by atoms with van der Waals surface area (Å²) in [6, 6.07) is 9.28. The maximum absolute atomic E-state index is 12.2. The molecule has 0 amide bonds. The van der Waals surface area contributed by atoms with Crippen LogP contribution in [0.5, 0.6) is 5.75 Å². The second-order valence-corrected chi connectivity index (χ2v) is 11.0. The molecule has 2 rings (SSSR count). The van der Waals surface area contributed by atoms with E-state index >= 15 is 0 Å². The van der Waals surface area contributed by atoms with Gasteiger partial charge in [-0.05, 0) is 30.7 Å². The largest absolute Gasteiger partial charge is 0.481 e. The van der Waals surface area contributed by atoms with Crippen molar-refractivity contribution in [2.75, 3.05) is 11.5 Å². The average Bonchev–Trinajstić information content (AvgIpc) is 2.98. The monoisotopic (exact) mass is 613 g/mol. The fourth-order valence-corrected chi connectivity index (χ4v) is 4.58. The summed E-state index contributed by atoms with van der Waals surface area (Å²) in [6.45, 7) is 2.27. The molecular weight excluding hydrogens is 562 g/mol. The highest BCUT2D eigenvalue weighted by molar-refractivity contribution is 6.04. The number of hydrogen-bond acceptors (Lipinski definition) is 8. The van der Waals surface area contributed by atoms with E-state index in [9.17, 15) is 19.2 Å². The summed E-state index contributed by atoms with van der Waals surface area (Å²) in [4.78, 5) is 45.4. The van der Waals surface area contributed by atoms with Gasteiger partial charge >= 0.3 is 17.9 Å². The molecule has 10 heteroatoms. The SMILES string of the molecule is CCCCCCCCCCCCCCCCC(=O)O.Nc1ccccc1C(=O)Oc1cccc(C(=O)C[C@H](N)C(=O)O)c1N. The van der Waals surface area contributed by atoms with Gasteiger partial charge in [-0.15, -0.1) is 0 Å². The molecular formula is C34H51N3O7. The molecule has 0 aromatic heterocycles. The van der Waals surface area contributed by atoms with Gasteiger partial charge in [0.15, 0.2) is 11.5 Å². The van der Waals surface area contributed by atoms with Crippen LogP contribution in [0.15, 0.2) is 42.5 Å². The van der Waals surface area contributed by atoms with Crippen molar-refractivity contribution >= 4 is 35.1 Å². The van der Waals surface area contributed by atoms with Crippen LogP contribution in [0, 0.1) is 0 Å². The van der Waals surface area contributed by atoms with E-state index in [4.69, 9.17) is 32.2 Å². The Bertz CT molecular complexity index is 1170. The van der Waals surface area contributed by atoms with E-state index in [2.05, 4.69) is 6.92 Å². The number of nitrogens with two attached hydrogens (primary N) is 3. The molecule has 0 unspecified atom stereocenters. The number of carbonyl (C=O) groups excluding carboxylic acids is 2. The van der Waals surface area contributed by atoms with Gasteiger partial charge in [0.05, 0.1) is 11.3 Å². The molecule has 8 N–H and O–H groups in total. The minimum Gasteiger partial charge on any atom is -0.481 e. The molecule has 0 aliphatic carbocycles. The van der Waals surface area contributed by atoms with Crippen LogP contribution in [-0.2, 0) is 9.59 Å². The standard InChI is InChI=1S/C17H17N3O5.C17H34O2/c18-11-6-2-1-4-9(11)17(24)25-14-7-3-5-10(15(14)20)13(21)8-12(19)16(22)23;1-2-3-4-5-6-7-8-9-10-11-12-13-14-15-16-17(18)19/h1-7,12H,8,18-20H2,(H,22,23);2-16H2,1H3,(H,18,19)/t12-;/m0./s1. The maximum atomic E-state index is 12.2. The third kappa shape index (κ3) is 16.1. The van der Waals surface area contributed by atoms with Crippen molar-refractivity contribution in [1.29, 1.82) is 0 Å². The van der Waals surface area contributed by atoms with Gasteiger partial charge < -0.3 is 32.2 Å². The van der Waals surface area contributed by atoms with Crippen LogP contribution in [0.2, 0.25) is 0 Å². The predicted molar refractivity (Wildman–Crippen MR) is 174 cm³/mol. The Morgan fingerprint density at radius 3 is 1.70 bits per heavy atom. The fourth-order valence-electron chi connectivity index (χ4n) is 4.58. The Balaban J connectivity index is 0.000000459. The number of ketones is 1. The quantitative estimate of drug-likeness (QED) is 0.0321. The molecule has 0 spiro atoms. The highest BCUT2D eigenvalue weighted by Crippen LogP contribution is 2.28. The van der Waals surface area contributed by atoms with Crippen LogP contribution in [-0.4, -0.2) is 39.9 Å². The van der Waals surface area contributed by atoms with Crippen LogP contribution < -0.4 is 21.9 Å². The number of rotatable bonds is 21. The number of hydrogen-bond donors (Lipinski definition) is 5. The molecule has 1 atom stereocenters. The van der Waals surface area contributed by atoms with E-state index in [1.165, 1.54) is 101 Å². The van der Waals surface area contributed by atoms with Gasteiger partial charge in [0.1, 0.15) is 6.04 Å². The number of esters is 1. The summed E-state index contributed by atoms with van der Waals surface area (Å²) in [5, 5.41) is 17.3. The maximum Gasteiger partial charge on any atom is 0.345 e. The lowest BCUT2D eigenvalue weighted by atomic mass is 10.0. The van der Waals surface area contributed by atoms with Crippen LogP contribution in [0.25, 0.3) is 0 Å². The minimum atomic E-state index is -1.35. The number of carboxylic acid groups (broad SMARTS) is 2. The normalized spacial score (nSPS) is 11.2. The lowest BCUT2D eigenvalue weighted by Gasteiger charge is -2.12. The van der Waals surface area contributed by atoms with Crippen molar-refractivity contribution in [3.8, 4) is 5.75 Å². The van der Waals surface area contributed by atoms with Gasteiger partial charge in [0.25, 0.3) is 0 Å². The van der Waals surface area contributed by atoms with Crippen molar-refractivity contribution in [3.63, 3.8) is 0 Å². The first-order chi connectivity index (χ1) is 21.1. The van der Waals surface area contributed by atoms with Gasteiger partial charge in [-0.2, -0.15) is 0 Å². The number of carbonyl (C=O) groups is 4. The van der Waals surface area contributed by atoms with E-state index in [1.54, 1.807) is 18.2 Å². The van der Waals surface area contributed by atoms with E-state index in [1.807, 2.05) is 0 Å². The Hall–Kier alpha value is -3.92. The fraction of sp³-hybridized carbons (Fsp3) is 0.529. The summed E-state index contributed by atoms with van der Waals surface area (Å²) >= 11 is 0. The summed E-state index contributed by atoms with van der Waals surface area (Å²) < 4.78 is 5.21. The highest BCUT2D eigenvalue weighted by Gasteiger charge is 2.21. The van der Waals surface area contributed by atoms with Crippen molar-refractivity contribution in [2.24, 2.45) is 5.73 Å². The first-order valence-electron chi connectivity index (χ1n) is 15.8. The van der Waals surface area contributed by atoms with Crippen LogP contribution in [0.1, 0.15) is 130 Å². The van der Waals surface area contributed by atoms with Gasteiger partial charge in [-0.3, -0.25) is 14.4 Å². The van der Waals surface area contributed by atoms with Gasteiger partial charge in [-0.1, -0.05) is 109 Å². The molecule has 0 fully saturated rings. The molecule has 2 aromatic rings. The topological polar surface area (TPSA) is 196 Å². The summed E-state index contributed by atoms with van der Waals surface area (Å²) in [6.07, 6.45) is 18.3. The number of carboxylic acids is 2. The molecule has 0 bridgehead atoms. The number of benzene rings is 2. The second-order valence-electron chi connectivity index (χ2n) is 11.0. The first-order valence-corrected chi connectivity index (χ1v) is 15.8. The first kappa shape index (κ1) is 38.1. The second kappa shape index (κ2) is 22.6. The number of ether oxygens (including phenoxy) is 1. The highest BCUT2D eigenvalue weighted by atomic mass is 16.5. The molecule has 10 nitrogen and oxygen atoms in total. The zero-order chi connectivity index (χ0) is 32.7. The molecule has 0 aliphatic rings. The zero-order valence-electron chi connectivity index (χ0n) is 26.1. The third-order valence-electron chi connectivity index (χ3n) is 7.22. The number of para-hydroxylation sites is 2. The Morgan fingerprint density at radius 1 is 0.705 bits per heavy atom. The van der Waals surface area contributed by atoms with Gasteiger partial charge in [-0.25, -0.2) is 4.79 Å². The Labute approximate surface area is 261 Å². The number of anilines is 2. The van der Waals surface area contributed by atoms with Crippen molar-refractivity contribution in [3.05, 3.63) is 53.6 Å². The van der Waals surface area contributed by atoms with E-state index in [-0.39, 0.29) is 28.3 Å². The van der Waals surface area contributed by atoms with Crippen LogP contribution >= 0.6 is 0 Å². The van der Waals surface area contributed by atoms with E-state index < -0.39 is 36.2 Å². The van der Waals surface area contributed by atoms with Crippen molar-refractivity contribution in [1.82, 2.24) is 0 Å². The van der Waals surface area contributed by atoms with Gasteiger partial charge in [0, 0.05) is 24.1 Å². The summed E-state index contributed by atoms with van der Waals surface area (Å²) in [7, 11) is 0. The molecule has 0 saturated heterocycles. The van der Waals surface area contributed by atoms with Crippen LogP contribution in [0.3, 0.4) is 0 Å². The molecule has 0 heterocycles. The zero-order valence-corrected chi connectivity index (χ0v) is 26.1. The smallest absolute Gasteiger partial charge is 0.345 e.